The molecule has 0 bridgehead atoms. The Morgan fingerprint density at radius 1 is 0.933 bits per heavy atom. The number of hydrogen-bond acceptors (Lipinski definition) is 6. The van der Waals surface area contributed by atoms with Crippen molar-refractivity contribution in [2.24, 2.45) is 5.10 Å². The van der Waals surface area contributed by atoms with E-state index in [9.17, 15) is 9.59 Å². The maximum atomic E-state index is 13.1. The molecule has 0 spiro atoms. The lowest BCUT2D eigenvalue weighted by atomic mass is 10.1. The van der Waals surface area contributed by atoms with E-state index < -0.39 is 0 Å². The zero-order valence-electron chi connectivity index (χ0n) is 17.6. The number of anilines is 2. The number of carbonyl (C=O) groups is 2. The molecule has 156 valence electrons. The van der Waals surface area contributed by atoms with Crippen LogP contribution < -0.4 is 9.91 Å². The van der Waals surface area contributed by atoms with Crippen LogP contribution in [0.4, 0.5) is 11.6 Å². The van der Waals surface area contributed by atoms with Gasteiger partial charge < -0.3 is 9.80 Å². The Morgan fingerprint density at radius 3 is 2.27 bits per heavy atom. The second-order valence-corrected chi connectivity index (χ2v) is 7.77. The van der Waals surface area contributed by atoms with Crippen LogP contribution in [-0.4, -0.2) is 58.6 Å². The highest BCUT2D eigenvalue weighted by molar-refractivity contribution is 6.40. The third-order valence-electron chi connectivity index (χ3n) is 5.44. The molecule has 2 aromatic rings. The maximum absolute atomic E-state index is 13.1. The summed E-state index contributed by atoms with van der Waals surface area (Å²) in [5, 5.41) is 5.82. The van der Waals surface area contributed by atoms with Crippen molar-refractivity contribution in [2.45, 2.75) is 33.6 Å². The van der Waals surface area contributed by atoms with Crippen molar-refractivity contribution >= 4 is 29.2 Å². The minimum atomic E-state index is -0.0953. The van der Waals surface area contributed by atoms with E-state index in [0.29, 0.717) is 44.3 Å². The van der Waals surface area contributed by atoms with Gasteiger partial charge in [-0.2, -0.15) is 5.10 Å². The standard InChI is InChI=1S/C22H26N6O2/c1-15-6-4-5-7-19(15)28-20(29)9-8-18(25-28)21(30)26-10-12-27(13-11-26)22-23-16(2)14-17(3)24-22/h4-7,14H,8-13H2,1-3H3. The maximum Gasteiger partial charge on any atom is 0.270 e. The lowest BCUT2D eigenvalue weighted by Gasteiger charge is -2.35. The van der Waals surface area contributed by atoms with Gasteiger partial charge in [0, 0.05) is 50.4 Å². The average molecular weight is 406 g/mol. The molecule has 2 aliphatic heterocycles. The van der Waals surface area contributed by atoms with Crippen LogP contribution in [0.25, 0.3) is 0 Å². The van der Waals surface area contributed by atoms with Crippen LogP contribution in [0, 0.1) is 20.8 Å². The SMILES string of the molecule is Cc1cc(C)nc(N2CCN(C(=O)C3=NN(c4ccccc4C)C(=O)CC3)CC2)n1. The van der Waals surface area contributed by atoms with E-state index in [1.807, 2.05) is 56.0 Å². The van der Waals surface area contributed by atoms with E-state index in [0.717, 1.165) is 22.6 Å². The van der Waals surface area contributed by atoms with Crippen LogP contribution in [0.2, 0.25) is 0 Å². The van der Waals surface area contributed by atoms with Gasteiger partial charge in [-0.1, -0.05) is 18.2 Å². The lowest BCUT2D eigenvalue weighted by molar-refractivity contribution is -0.124. The molecule has 30 heavy (non-hydrogen) atoms. The van der Waals surface area contributed by atoms with Crippen LogP contribution >= 0.6 is 0 Å². The number of aromatic nitrogens is 2. The number of piperazine rings is 1. The predicted octanol–water partition coefficient (Wildman–Crippen LogP) is 2.23. The number of hydrogen-bond donors (Lipinski definition) is 0. The van der Waals surface area contributed by atoms with Gasteiger partial charge in [-0.05, 0) is 38.5 Å². The minimum Gasteiger partial charge on any atom is -0.337 e. The van der Waals surface area contributed by atoms with E-state index in [1.54, 1.807) is 0 Å². The molecule has 1 saturated heterocycles. The largest absolute Gasteiger partial charge is 0.337 e. The number of benzene rings is 1. The Hall–Kier alpha value is -3.29. The molecule has 0 aliphatic carbocycles. The van der Waals surface area contributed by atoms with Crippen LogP contribution in [0.5, 0.6) is 0 Å². The fraction of sp³-hybridized carbons (Fsp3) is 0.409. The second kappa shape index (κ2) is 8.22. The molecule has 1 aromatic heterocycles. The number of para-hydroxylation sites is 1. The van der Waals surface area contributed by atoms with Gasteiger partial charge in [0.1, 0.15) is 5.71 Å². The Labute approximate surface area is 176 Å². The van der Waals surface area contributed by atoms with Gasteiger partial charge in [-0.25, -0.2) is 15.0 Å². The highest BCUT2D eigenvalue weighted by Gasteiger charge is 2.31. The van der Waals surface area contributed by atoms with Crippen LogP contribution in [0.3, 0.4) is 0 Å². The third-order valence-corrected chi connectivity index (χ3v) is 5.44. The molecule has 1 fully saturated rings. The van der Waals surface area contributed by atoms with Crippen molar-refractivity contribution in [3.05, 3.63) is 47.3 Å². The molecule has 0 atom stereocenters. The Balaban J connectivity index is 1.46. The van der Waals surface area contributed by atoms with Gasteiger partial charge in [-0.3, -0.25) is 9.59 Å². The number of amides is 2. The number of carbonyl (C=O) groups excluding carboxylic acids is 2. The molecule has 3 heterocycles. The first-order valence-corrected chi connectivity index (χ1v) is 10.2. The van der Waals surface area contributed by atoms with Crippen molar-refractivity contribution in [3.63, 3.8) is 0 Å². The van der Waals surface area contributed by atoms with Crippen LogP contribution in [-0.2, 0) is 9.59 Å². The van der Waals surface area contributed by atoms with Gasteiger partial charge in [0.25, 0.3) is 5.91 Å². The summed E-state index contributed by atoms with van der Waals surface area (Å²) in [6, 6.07) is 9.53. The molecule has 4 rings (SSSR count). The van der Waals surface area contributed by atoms with Crippen molar-refractivity contribution in [1.82, 2.24) is 14.9 Å². The van der Waals surface area contributed by atoms with Gasteiger partial charge >= 0.3 is 0 Å². The lowest BCUT2D eigenvalue weighted by Crippen LogP contribution is -2.52. The highest BCUT2D eigenvalue weighted by Crippen LogP contribution is 2.24. The molecule has 2 amide bonds. The highest BCUT2D eigenvalue weighted by atomic mass is 16.2. The summed E-state index contributed by atoms with van der Waals surface area (Å²) < 4.78 is 0. The first kappa shape index (κ1) is 20.0. The number of rotatable bonds is 3. The Kier molecular flexibility index (Phi) is 5.48. The second-order valence-electron chi connectivity index (χ2n) is 7.77. The average Bonchev–Trinajstić information content (AvgIpc) is 2.74. The zero-order valence-corrected chi connectivity index (χ0v) is 17.6. The first-order chi connectivity index (χ1) is 14.4. The molecule has 8 heteroatoms. The van der Waals surface area contributed by atoms with Gasteiger partial charge in [0.05, 0.1) is 5.69 Å². The molecule has 1 aromatic carbocycles. The number of aryl methyl sites for hydroxylation is 3. The molecule has 2 aliphatic rings. The topological polar surface area (TPSA) is 82.0 Å². The number of hydrazone groups is 1. The summed E-state index contributed by atoms with van der Waals surface area (Å²) >= 11 is 0. The van der Waals surface area contributed by atoms with Crippen LogP contribution in [0.1, 0.15) is 29.8 Å². The normalized spacial score (nSPS) is 17.2. The molecular formula is C22H26N6O2. The molecule has 8 nitrogen and oxygen atoms in total. The smallest absolute Gasteiger partial charge is 0.270 e. The zero-order chi connectivity index (χ0) is 21.3. The predicted molar refractivity (Wildman–Crippen MR) is 116 cm³/mol. The Bertz CT molecular complexity index is 990. The summed E-state index contributed by atoms with van der Waals surface area (Å²) in [5.41, 5.74) is 3.99. The summed E-state index contributed by atoms with van der Waals surface area (Å²) in [7, 11) is 0. The third kappa shape index (κ3) is 4.03. The number of nitrogens with zero attached hydrogens (tertiary/aromatic N) is 6. The summed E-state index contributed by atoms with van der Waals surface area (Å²) in [6.07, 6.45) is 0.662. The summed E-state index contributed by atoms with van der Waals surface area (Å²) in [4.78, 5) is 38.5. The quantitative estimate of drug-likeness (QED) is 0.781. The monoisotopic (exact) mass is 406 g/mol. The van der Waals surface area contributed by atoms with E-state index >= 15 is 0 Å². The molecule has 0 radical (unpaired) electrons. The van der Waals surface area contributed by atoms with Crippen molar-refractivity contribution in [1.29, 1.82) is 0 Å². The molecular weight excluding hydrogens is 380 g/mol. The van der Waals surface area contributed by atoms with Crippen molar-refractivity contribution < 1.29 is 9.59 Å². The Morgan fingerprint density at radius 2 is 1.60 bits per heavy atom. The fourth-order valence-corrected chi connectivity index (χ4v) is 3.84. The molecule has 0 unspecified atom stereocenters. The van der Waals surface area contributed by atoms with Crippen molar-refractivity contribution in [2.75, 3.05) is 36.1 Å². The summed E-state index contributed by atoms with van der Waals surface area (Å²) in [5.74, 6) is 0.533. The van der Waals surface area contributed by atoms with Crippen molar-refractivity contribution in [3.8, 4) is 0 Å². The van der Waals surface area contributed by atoms with E-state index in [2.05, 4.69) is 20.0 Å². The van der Waals surface area contributed by atoms with Crippen LogP contribution in [0.15, 0.2) is 35.4 Å². The molecule has 0 saturated carbocycles. The van der Waals surface area contributed by atoms with E-state index in [-0.39, 0.29) is 18.2 Å². The fourth-order valence-electron chi connectivity index (χ4n) is 3.84. The van der Waals surface area contributed by atoms with Gasteiger partial charge in [0.2, 0.25) is 11.9 Å². The molecule has 0 N–H and O–H groups in total. The van der Waals surface area contributed by atoms with E-state index in [1.165, 1.54) is 5.01 Å². The summed E-state index contributed by atoms with van der Waals surface area (Å²) in [6.45, 7) is 8.34. The van der Waals surface area contributed by atoms with E-state index in [4.69, 9.17) is 0 Å². The van der Waals surface area contributed by atoms with Gasteiger partial charge in [-0.15, -0.1) is 0 Å². The minimum absolute atomic E-state index is 0.0855. The first-order valence-electron chi connectivity index (χ1n) is 10.2. The van der Waals surface area contributed by atoms with Gasteiger partial charge in [0.15, 0.2) is 0 Å².